The van der Waals surface area contributed by atoms with E-state index in [-0.39, 0.29) is 23.5 Å². The van der Waals surface area contributed by atoms with Gasteiger partial charge >= 0.3 is 6.09 Å². The van der Waals surface area contributed by atoms with Crippen LogP contribution in [0.25, 0.3) is 22.2 Å². The van der Waals surface area contributed by atoms with Crippen molar-refractivity contribution in [3.05, 3.63) is 75.4 Å². The molecule has 46 heavy (non-hydrogen) atoms. The molecule has 6 rings (SSSR count). The molecule has 0 atom stereocenters. The number of likely N-dealkylation sites (tertiary alicyclic amines) is 1. The number of rotatable bonds is 8. The number of hydrogen-bond acceptors (Lipinski definition) is 10. The lowest BCUT2D eigenvalue weighted by Crippen LogP contribution is -2.51. The fraction of sp³-hybridized carbons (Fsp3) is 0.323. The Morgan fingerprint density at radius 2 is 1.85 bits per heavy atom. The zero-order valence-electron chi connectivity index (χ0n) is 25.6. The number of benzene rings is 1. The van der Waals surface area contributed by atoms with Crippen LogP contribution >= 0.6 is 23.2 Å². The Bertz CT molecular complexity index is 1950. The molecular formula is C31H31Cl2N9O4. The summed E-state index contributed by atoms with van der Waals surface area (Å²) in [7, 11) is 1.62. The molecule has 0 bridgehead atoms. The Morgan fingerprint density at radius 1 is 1.09 bits per heavy atom. The quantitative estimate of drug-likeness (QED) is 0.207. The van der Waals surface area contributed by atoms with Gasteiger partial charge in [0.1, 0.15) is 11.2 Å². The minimum Gasteiger partial charge on any atom is -0.444 e. The number of nitrogens with one attached hydrogen (secondary N) is 1. The molecule has 1 aliphatic rings. The van der Waals surface area contributed by atoms with Crippen molar-refractivity contribution in [2.45, 2.75) is 39.3 Å². The van der Waals surface area contributed by atoms with E-state index in [1.54, 1.807) is 71.6 Å². The fourth-order valence-corrected chi connectivity index (χ4v) is 5.58. The normalized spacial score (nSPS) is 13.5. The van der Waals surface area contributed by atoms with Gasteiger partial charge in [0.15, 0.2) is 11.6 Å². The van der Waals surface area contributed by atoms with Crippen molar-refractivity contribution in [3.63, 3.8) is 0 Å². The molecule has 1 amide bonds. The third-order valence-corrected chi connectivity index (χ3v) is 7.90. The van der Waals surface area contributed by atoms with Gasteiger partial charge in [-0.2, -0.15) is 10.1 Å². The van der Waals surface area contributed by atoms with Crippen LogP contribution < -0.4 is 15.6 Å². The molecular weight excluding hydrogens is 633 g/mol. The first-order chi connectivity index (χ1) is 21.9. The summed E-state index contributed by atoms with van der Waals surface area (Å²) in [5.74, 6) is 1.82. The van der Waals surface area contributed by atoms with Gasteiger partial charge in [-0.3, -0.25) is 14.0 Å². The number of carbonyl (C=O) groups is 1. The van der Waals surface area contributed by atoms with E-state index in [9.17, 15) is 9.59 Å². The van der Waals surface area contributed by atoms with Crippen molar-refractivity contribution in [2.24, 2.45) is 13.0 Å². The Balaban J connectivity index is 1.05. The molecule has 1 aromatic carbocycles. The Kier molecular flexibility index (Phi) is 8.53. The van der Waals surface area contributed by atoms with Crippen molar-refractivity contribution in [1.29, 1.82) is 0 Å². The predicted octanol–water partition coefficient (Wildman–Crippen LogP) is 6.08. The lowest BCUT2D eigenvalue weighted by molar-refractivity contribution is -0.00276. The molecule has 0 saturated carbocycles. The highest BCUT2D eigenvalue weighted by molar-refractivity contribution is 6.39. The highest BCUT2D eigenvalue weighted by Gasteiger charge is 2.33. The summed E-state index contributed by atoms with van der Waals surface area (Å²) in [6.07, 6.45) is 5.61. The van der Waals surface area contributed by atoms with Crippen molar-refractivity contribution in [2.75, 3.05) is 18.4 Å². The van der Waals surface area contributed by atoms with E-state index in [2.05, 4.69) is 30.6 Å². The smallest absolute Gasteiger partial charge is 0.410 e. The third kappa shape index (κ3) is 6.90. The van der Waals surface area contributed by atoms with Crippen LogP contribution in [0.5, 0.6) is 11.6 Å². The molecule has 1 saturated heterocycles. The van der Waals surface area contributed by atoms with Crippen molar-refractivity contribution < 1.29 is 14.3 Å². The van der Waals surface area contributed by atoms with Gasteiger partial charge in [-0.05, 0) is 57.4 Å². The molecule has 5 heterocycles. The van der Waals surface area contributed by atoms with Gasteiger partial charge in [0.2, 0.25) is 11.8 Å². The molecule has 0 aliphatic carbocycles. The lowest BCUT2D eigenvalue weighted by atomic mass is 9.97. The molecule has 1 aliphatic heterocycles. The summed E-state index contributed by atoms with van der Waals surface area (Å²) in [5, 5.41) is 17.0. The maximum Gasteiger partial charge on any atom is 0.410 e. The largest absolute Gasteiger partial charge is 0.444 e. The topological polar surface area (TPSA) is 142 Å². The zero-order valence-corrected chi connectivity index (χ0v) is 27.1. The fourth-order valence-electron chi connectivity index (χ4n) is 4.98. The van der Waals surface area contributed by atoms with Gasteiger partial charge in [0.05, 0.1) is 28.0 Å². The van der Waals surface area contributed by atoms with E-state index in [1.165, 1.54) is 4.57 Å². The van der Waals surface area contributed by atoms with Crippen molar-refractivity contribution >= 4 is 52.1 Å². The number of fused-ring (bicyclic) bond motifs is 1. The van der Waals surface area contributed by atoms with Crippen LogP contribution in [0.4, 0.5) is 16.6 Å². The first-order valence-corrected chi connectivity index (χ1v) is 15.3. The first-order valence-electron chi connectivity index (χ1n) is 14.5. The number of aryl methyl sites for hydroxylation is 2. The summed E-state index contributed by atoms with van der Waals surface area (Å²) < 4.78 is 14.4. The molecule has 15 heteroatoms. The first kappa shape index (κ1) is 31.2. The molecule has 1 N–H and O–H groups in total. The lowest BCUT2D eigenvalue weighted by Gasteiger charge is -2.39. The van der Waals surface area contributed by atoms with Crippen LogP contribution in [-0.4, -0.2) is 64.2 Å². The molecule has 13 nitrogen and oxygen atoms in total. The summed E-state index contributed by atoms with van der Waals surface area (Å²) in [4.78, 5) is 35.9. The highest BCUT2D eigenvalue weighted by Crippen LogP contribution is 2.34. The number of amides is 1. The second-order valence-corrected chi connectivity index (χ2v) is 12.8. The molecule has 1 fully saturated rings. The number of aromatic nitrogens is 7. The number of nitrogens with zero attached hydrogens (tertiary/aromatic N) is 8. The number of halogens is 2. The van der Waals surface area contributed by atoms with Crippen LogP contribution in [0, 0.1) is 5.92 Å². The SMILES string of the molecule is Cn1c(=O)c(-c2c(Cl)cccc2Cl)cc2cnc(Nc3ccc(Oc4cnn(CCC5CN(C(=O)OC(C)(C)C)C5)c4)nn3)nc21. The van der Waals surface area contributed by atoms with E-state index < -0.39 is 5.60 Å². The van der Waals surface area contributed by atoms with Crippen molar-refractivity contribution in [3.8, 4) is 22.8 Å². The van der Waals surface area contributed by atoms with Crippen LogP contribution in [0.15, 0.2) is 59.8 Å². The molecule has 0 spiro atoms. The minimum absolute atomic E-state index is 0.232. The van der Waals surface area contributed by atoms with Crippen molar-refractivity contribution in [1.82, 2.24) is 39.4 Å². The number of carbonyl (C=O) groups excluding carboxylic acids is 1. The molecule has 0 radical (unpaired) electrons. The van der Waals surface area contributed by atoms with E-state index >= 15 is 0 Å². The number of hydrogen-bond donors (Lipinski definition) is 1. The van der Waals surface area contributed by atoms with Gasteiger partial charge in [0.25, 0.3) is 5.56 Å². The van der Waals surface area contributed by atoms with Crippen LogP contribution in [0.3, 0.4) is 0 Å². The van der Waals surface area contributed by atoms with Gasteiger partial charge in [0, 0.05) is 49.9 Å². The van der Waals surface area contributed by atoms with E-state index in [0.29, 0.717) is 69.3 Å². The van der Waals surface area contributed by atoms with Crippen LogP contribution in [-0.2, 0) is 18.3 Å². The van der Waals surface area contributed by atoms with Gasteiger partial charge in [-0.25, -0.2) is 9.78 Å². The van der Waals surface area contributed by atoms with Gasteiger partial charge < -0.3 is 19.7 Å². The Morgan fingerprint density at radius 3 is 2.54 bits per heavy atom. The number of anilines is 2. The average molecular weight is 665 g/mol. The standard InChI is InChI=1S/C31H31Cl2N9O4/c1-31(2,3)46-30(44)41-15-18(16-41)10-11-42-17-20(14-35-42)45-25-9-8-24(38-39-25)36-29-34-13-19-12-21(28(43)40(4)27(19)37-29)26-22(32)6-5-7-23(26)33/h5-9,12-14,17-18H,10-11,15-16H2,1-4H3,(H,34,36,37,38). The summed E-state index contributed by atoms with van der Waals surface area (Å²) in [6.45, 7) is 7.63. The zero-order chi connectivity index (χ0) is 32.6. The average Bonchev–Trinajstić information content (AvgIpc) is 3.42. The van der Waals surface area contributed by atoms with E-state index in [1.807, 2.05) is 20.8 Å². The number of ether oxygens (including phenoxy) is 2. The Hall–Kier alpha value is -4.75. The highest BCUT2D eigenvalue weighted by atomic mass is 35.5. The Labute approximate surface area is 274 Å². The molecule has 4 aromatic heterocycles. The molecule has 5 aromatic rings. The second-order valence-electron chi connectivity index (χ2n) is 12.0. The predicted molar refractivity (Wildman–Crippen MR) is 174 cm³/mol. The van der Waals surface area contributed by atoms with Gasteiger partial charge in [-0.1, -0.05) is 29.3 Å². The second kappa shape index (κ2) is 12.6. The third-order valence-electron chi connectivity index (χ3n) is 7.27. The monoisotopic (exact) mass is 663 g/mol. The summed E-state index contributed by atoms with van der Waals surface area (Å²) >= 11 is 12.7. The maximum absolute atomic E-state index is 13.2. The van der Waals surface area contributed by atoms with E-state index in [4.69, 9.17) is 32.7 Å². The summed E-state index contributed by atoms with van der Waals surface area (Å²) in [6, 6.07) is 10.1. The van der Waals surface area contributed by atoms with Crippen LogP contribution in [0.2, 0.25) is 10.0 Å². The summed E-state index contributed by atoms with van der Waals surface area (Å²) in [5.41, 5.74) is 0.430. The minimum atomic E-state index is -0.497. The van der Waals surface area contributed by atoms with E-state index in [0.717, 1.165) is 6.42 Å². The maximum atomic E-state index is 13.2. The number of pyridine rings is 1. The molecule has 0 unspecified atom stereocenters. The van der Waals surface area contributed by atoms with Crippen LogP contribution in [0.1, 0.15) is 27.2 Å². The molecule has 238 valence electrons. The van der Waals surface area contributed by atoms with Gasteiger partial charge in [-0.15, -0.1) is 10.2 Å².